The number of halogens is 1. The van der Waals surface area contributed by atoms with Gasteiger partial charge >= 0.3 is 5.97 Å². The Labute approximate surface area is 93.4 Å². The number of nitrogens with two attached hydrogens (primary N) is 1. The first kappa shape index (κ1) is 11.1. The summed E-state index contributed by atoms with van der Waals surface area (Å²) in [5.41, 5.74) is 6.72. The molecular weight excluding hydrogens is 209 g/mol. The van der Waals surface area contributed by atoms with E-state index in [9.17, 15) is 9.18 Å². The molecule has 3 nitrogen and oxygen atoms in total. The highest BCUT2D eigenvalue weighted by Crippen LogP contribution is 2.44. The maximum atomic E-state index is 13.7. The Balaban J connectivity index is 2.51. The van der Waals surface area contributed by atoms with E-state index >= 15 is 0 Å². The van der Waals surface area contributed by atoms with Gasteiger partial charge in [-0.1, -0.05) is 0 Å². The molecule has 0 aromatic heterocycles. The Bertz CT molecular complexity index is 453. The summed E-state index contributed by atoms with van der Waals surface area (Å²) in [6.07, 6.45) is 1.52. The van der Waals surface area contributed by atoms with Crippen LogP contribution in [0.4, 0.5) is 4.39 Å². The maximum Gasteiger partial charge on any atom is 0.338 e. The van der Waals surface area contributed by atoms with Crippen molar-refractivity contribution in [3.8, 4) is 0 Å². The summed E-state index contributed by atoms with van der Waals surface area (Å²) >= 11 is 0. The van der Waals surface area contributed by atoms with Crippen molar-refractivity contribution in [2.24, 2.45) is 5.73 Å². The Morgan fingerprint density at radius 2 is 2.12 bits per heavy atom. The standard InChI is InChI=1S/C12H14FNO2/c1-7-5-10(13)9(12(14)3-4-12)6-8(7)11(15)16-2/h5-6H,3-4,14H2,1-2H3. The summed E-state index contributed by atoms with van der Waals surface area (Å²) in [5, 5.41) is 0. The second kappa shape index (κ2) is 3.56. The topological polar surface area (TPSA) is 52.3 Å². The average Bonchev–Trinajstić information content (AvgIpc) is 2.96. The lowest BCUT2D eigenvalue weighted by Gasteiger charge is -2.13. The molecule has 0 spiro atoms. The molecule has 0 saturated heterocycles. The summed E-state index contributed by atoms with van der Waals surface area (Å²) in [4.78, 5) is 11.5. The van der Waals surface area contributed by atoms with Crippen LogP contribution in [-0.2, 0) is 10.3 Å². The molecule has 0 aliphatic heterocycles. The average molecular weight is 223 g/mol. The van der Waals surface area contributed by atoms with Crippen molar-refractivity contribution >= 4 is 5.97 Å². The van der Waals surface area contributed by atoms with Gasteiger partial charge < -0.3 is 10.5 Å². The molecule has 1 aromatic rings. The van der Waals surface area contributed by atoms with Gasteiger partial charge in [0.05, 0.1) is 12.7 Å². The summed E-state index contributed by atoms with van der Waals surface area (Å²) in [5.74, 6) is -0.798. The zero-order valence-corrected chi connectivity index (χ0v) is 9.34. The monoisotopic (exact) mass is 223 g/mol. The molecule has 2 rings (SSSR count). The van der Waals surface area contributed by atoms with Gasteiger partial charge in [-0.3, -0.25) is 0 Å². The number of ether oxygens (including phenoxy) is 1. The van der Waals surface area contributed by atoms with Crippen molar-refractivity contribution < 1.29 is 13.9 Å². The van der Waals surface area contributed by atoms with Gasteiger partial charge in [0.1, 0.15) is 5.82 Å². The Morgan fingerprint density at radius 1 is 1.50 bits per heavy atom. The number of benzene rings is 1. The summed E-state index contributed by atoms with van der Waals surface area (Å²) < 4.78 is 18.3. The van der Waals surface area contributed by atoms with E-state index in [1.165, 1.54) is 19.2 Å². The number of hydrogen-bond acceptors (Lipinski definition) is 3. The number of aryl methyl sites for hydroxylation is 1. The third-order valence-electron chi connectivity index (χ3n) is 3.04. The minimum Gasteiger partial charge on any atom is -0.465 e. The molecule has 0 atom stereocenters. The van der Waals surface area contributed by atoms with Crippen LogP contribution in [-0.4, -0.2) is 13.1 Å². The lowest BCUT2D eigenvalue weighted by Crippen LogP contribution is -2.21. The van der Waals surface area contributed by atoms with Crippen LogP contribution >= 0.6 is 0 Å². The van der Waals surface area contributed by atoms with E-state index in [4.69, 9.17) is 5.73 Å². The molecule has 2 N–H and O–H groups in total. The molecule has 1 aliphatic carbocycles. The highest BCUT2D eigenvalue weighted by atomic mass is 19.1. The second-order valence-electron chi connectivity index (χ2n) is 4.29. The molecule has 1 aromatic carbocycles. The first-order valence-electron chi connectivity index (χ1n) is 5.16. The van der Waals surface area contributed by atoms with Gasteiger partial charge in [-0.25, -0.2) is 9.18 Å². The number of carbonyl (C=O) groups is 1. The summed E-state index contributed by atoms with van der Waals surface area (Å²) in [6, 6.07) is 2.86. The van der Waals surface area contributed by atoms with Crippen molar-refractivity contribution in [3.63, 3.8) is 0 Å². The van der Waals surface area contributed by atoms with Gasteiger partial charge in [0.15, 0.2) is 0 Å². The van der Waals surface area contributed by atoms with Crippen LogP contribution in [0.15, 0.2) is 12.1 Å². The minimum absolute atomic E-state index is 0.342. The largest absolute Gasteiger partial charge is 0.465 e. The van der Waals surface area contributed by atoms with Crippen LogP contribution in [0.3, 0.4) is 0 Å². The van der Waals surface area contributed by atoms with E-state index in [2.05, 4.69) is 4.74 Å². The highest BCUT2D eigenvalue weighted by molar-refractivity contribution is 5.91. The van der Waals surface area contributed by atoms with Crippen LogP contribution in [0.2, 0.25) is 0 Å². The lowest BCUT2D eigenvalue weighted by atomic mass is 9.98. The number of methoxy groups -OCH3 is 1. The summed E-state index contributed by atoms with van der Waals surface area (Å²) in [6.45, 7) is 1.68. The van der Waals surface area contributed by atoms with Crippen molar-refractivity contribution in [2.75, 3.05) is 7.11 Å². The highest BCUT2D eigenvalue weighted by Gasteiger charge is 2.42. The molecule has 0 radical (unpaired) electrons. The predicted octanol–water partition coefficient (Wildman–Crippen LogP) is 1.87. The second-order valence-corrected chi connectivity index (χ2v) is 4.29. The van der Waals surface area contributed by atoms with Gasteiger partial charge in [-0.05, 0) is 37.5 Å². The van der Waals surface area contributed by atoms with Crippen molar-refractivity contribution in [3.05, 3.63) is 34.6 Å². The van der Waals surface area contributed by atoms with Crippen LogP contribution in [0.5, 0.6) is 0 Å². The van der Waals surface area contributed by atoms with Gasteiger partial charge in [0.2, 0.25) is 0 Å². The molecule has 1 saturated carbocycles. The molecule has 1 aliphatic rings. The number of carbonyl (C=O) groups excluding carboxylic acids is 1. The maximum absolute atomic E-state index is 13.7. The van der Waals surface area contributed by atoms with E-state index < -0.39 is 11.5 Å². The molecule has 4 heteroatoms. The van der Waals surface area contributed by atoms with E-state index in [1.54, 1.807) is 6.92 Å². The molecule has 0 amide bonds. The van der Waals surface area contributed by atoms with Crippen molar-refractivity contribution in [1.82, 2.24) is 0 Å². The zero-order valence-electron chi connectivity index (χ0n) is 9.34. The zero-order chi connectivity index (χ0) is 11.9. The van der Waals surface area contributed by atoms with Crippen molar-refractivity contribution in [1.29, 1.82) is 0 Å². The Kier molecular flexibility index (Phi) is 2.46. The molecule has 1 fully saturated rings. The Hall–Kier alpha value is -1.42. The molecule has 16 heavy (non-hydrogen) atoms. The predicted molar refractivity (Wildman–Crippen MR) is 57.6 cm³/mol. The molecule has 0 bridgehead atoms. The SMILES string of the molecule is COC(=O)c1cc(C2(N)CC2)c(F)cc1C. The number of esters is 1. The molecule has 0 heterocycles. The fraction of sp³-hybridized carbons (Fsp3) is 0.417. The van der Waals surface area contributed by atoms with Crippen LogP contribution in [0.1, 0.15) is 34.3 Å². The van der Waals surface area contributed by atoms with Gasteiger partial charge in [0.25, 0.3) is 0 Å². The minimum atomic E-state index is -0.583. The smallest absolute Gasteiger partial charge is 0.338 e. The van der Waals surface area contributed by atoms with Gasteiger partial charge in [-0.2, -0.15) is 0 Å². The Morgan fingerprint density at radius 3 is 2.62 bits per heavy atom. The van der Waals surface area contributed by atoms with Crippen molar-refractivity contribution in [2.45, 2.75) is 25.3 Å². The quantitative estimate of drug-likeness (QED) is 0.779. The summed E-state index contributed by atoms with van der Waals surface area (Å²) in [7, 11) is 1.31. The lowest BCUT2D eigenvalue weighted by molar-refractivity contribution is 0.0599. The number of rotatable bonds is 2. The van der Waals surface area contributed by atoms with Crippen LogP contribution in [0, 0.1) is 12.7 Å². The fourth-order valence-electron chi connectivity index (χ4n) is 1.79. The van der Waals surface area contributed by atoms with E-state index in [0.717, 1.165) is 12.8 Å². The molecule has 0 unspecified atom stereocenters. The third kappa shape index (κ3) is 1.69. The molecular formula is C12H14FNO2. The first-order chi connectivity index (χ1) is 7.48. The van der Waals surface area contributed by atoms with Crippen LogP contribution < -0.4 is 5.73 Å². The van der Waals surface area contributed by atoms with Gasteiger partial charge in [0, 0.05) is 11.1 Å². The van der Waals surface area contributed by atoms with Crippen LogP contribution in [0.25, 0.3) is 0 Å². The normalized spacial score (nSPS) is 17.0. The van der Waals surface area contributed by atoms with E-state index in [1.807, 2.05) is 0 Å². The van der Waals surface area contributed by atoms with Gasteiger partial charge in [-0.15, -0.1) is 0 Å². The fourth-order valence-corrected chi connectivity index (χ4v) is 1.79. The molecule has 86 valence electrons. The van der Waals surface area contributed by atoms with E-state index in [-0.39, 0.29) is 5.82 Å². The van der Waals surface area contributed by atoms with E-state index in [0.29, 0.717) is 16.7 Å². The third-order valence-corrected chi connectivity index (χ3v) is 3.04. The number of hydrogen-bond donors (Lipinski definition) is 1. The first-order valence-corrected chi connectivity index (χ1v) is 5.16.